The van der Waals surface area contributed by atoms with E-state index in [1.807, 2.05) is 31.2 Å². The number of carbonyl (C=O) groups is 1. The van der Waals surface area contributed by atoms with Crippen LogP contribution in [0.4, 0.5) is 5.69 Å². The van der Waals surface area contributed by atoms with Gasteiger partial charge < -0.3 is 4.74 Å². The van der Waals surface area contributed by atoms with Gasteiger partial charge in [0.2, 0.25) is 0 Å². The Bertz CT molecular complexity index is 1460. The molecular weight excluding hydrogens is 442 g/mol. The van der Waals surface area contributed by atoms with Crippen LogP contribution in [0.25, 0.3) is 6.08 Å². The number of aryl methyl sites for hydroxylation is 1. The normalized spacial score (nSPS) is 15.7. The maximum atomic E-state index is 13.5. The predicted octanol–water partition coefficient (Wildman–Crippen LogP) is 3.01. The molecule has 1 atom stereocenters. The van der Waals surface area contributed by atoms with Gasteiger partial charge in [0.15, 0.2) is 4.80 Å². The molecule has 8 nitrogen and oxygen atoms in total. The van der Waals surface area contributed by atoms with E-state index >= 15 is 0 Å². The number of esters is 1. The summed E-state index contributed by atoms with van der Waals surface area (Å²) >= 11 is 1.21. The number of benzene rings is 2. The van der Waals surface area contributed by atoms with E-state index in [0.717, 1.165) is 11.1 Å². The number of aromatic nitrogens is 1. The fourth-order valence-corrected chi connectivity index (χ4v) is 4.78. The number of nitro benzene ring substituents is 1. The molecule has 4 rings (SSSR count). The monoisotopic (exact) mass is 463 g/mol. The van der Waals surface area contributed by atoms with E-state index in [0.29, 0.717) is 20.6 Å². The van der Waals surface area contributed by atoms with Crippen LogP contribution in [0.1, 0.15) is 36.6 Å². The predicted molar refractivity (Wildman–Crippen MR) is 125 cm³/mol. The van der Waals surface area contributed by atoms with Crippen molar-refractivity contribution in [1.82, 2.24) is 4.57 Å². The van der Waals surface area contributed by atoms with Gasteiger partial charge in [0.05, 0.1) is 33.4 Å². The summed E-state index contributed by atoms with van der Waals surface area (Å²) in [5.74, 6) is -0.608. The van der Waals surface area contributed by atoms with E-state index < -0.39 is 16.9 Å². The minimum Gasteiger partial charge on any atom is -0.463 e. The highest BCUT2D eigenvalue weighted by atomic mass is 32.1. The Morgan fingerprint density at radius 3 is 2.64 bits per heavy atom. The van der Waals surface area contributed by atoms with Gasteiger partial charge in [-0.25, -0.2) is 9.79 Å². The molecule has 0 radical (unpaired) electrons. The van der Waals surface area contributed by atoms with Crippen molar-refractivity contribution in [2.75, 3.05) is 6.61 Å². The Hall–Kier alpha value is -3.85. The van der Waals surface area contributed by atoms with E-state index in [1.165, 1.54) is 34.1 Å². The molecule has 0 saturated carbocycles. The highest BCUT2D eigenvalue weighted by Crippen LogP contribution is 2.32. The summed E-state index contributed by atoms with van der Waals surface area (Å²) in [7, 11) is 0. The van der Waals surface area contributed by atoms with Crippen LogP contribution in [0.5, 0.6) is 0 Å². The molecular formula is C24H21N3O5S. The van der Waals surface area contributed by atoms with Gasteiger partial charge in [0.1, 0.15) is 0 Å². The van der Waals surface area contributed by atoms with Crippen molar-refractivity contribution in [3.63, 3.8) is 0 Å². The van der Waals surface area contributed by atoms with Gasteiger partial charge in [-0.05, 0) is 38.0 Å². The number of non-ortho nitro benzene ring substituents is 1. The Kier molecular flexibility index (Phi) is 6.06. The third-order valence-electron chi connectivity index (χ3n) is 5.29. The highest BCUT2D eigenvalue weighted by molar-refractivity contribution is 7.07. The first-order valence-electron chi connectivity index (χ1n) is 10.3. The number of rotatable bonds is 5. The Balaban J connectivity index is 1.97. The number of hydrogen-bond donors (Lipinski definition) is 0. The summed E-state index contributed by atoms with van der Waals surface area (Å²) in [6.45, 7) is 5.49. The first-order chi connectivity index (χ1) is 15.8. The summed E-state index contributed by atoms with van der Waals surface area (Å²) in [6.07, 6.45) is 1.77. The van der Waals surface area contributed by atoms with E-state index in [1.54, 1.807) is 26.0 Å². The number of ether oxygens (including phenoxy) is 1. The number of carbonyl (C=O) groups excluding carboxylic acids is 1. The molecule has 0 bridgehead atoms. The van der Waals surface area contributed by atoms with Gasteiger partial charge in [-0.15, -0.1) is 0 Å². The summed E-state index contributed by atoms with van der Waals surface area (Å²) in [5, 5.41) is 11.4. The van der Waals surface area contributed by atoms with Crippen molar-refractivity contribution in [3.05, 3.63) is 106 Å². The van der Waals surface area contributed by atoms with Crippen LogP contribution in [0.2, 0.25) is 0 Å². The van der Waals surface area contributed by atoms with Crippen LogP contribution in [-0.2, 0) is 9.53 Å². The van der Waals surface area contributed by atoms with Crippen molar-refractivity contribution in [3.8, 4) is 0 Å². The first kappa shape index (κ1) is 22.3. The largest absolute Gasteiger partial charge is 0.463 e. The maximum absolute atomic E-state index is 13.5. The van der Waals surface area contributed by atoms with Crippen LogP contribution < -0.4 is 14.9 Å². The SMILES string of the molecule is CCOC(=O)C1=C(C)N=c2s/c(=C\c3ccc(C)cc3)c(=O)n2[C@H]1c1cccc([N+](=O)[O-])c1. The molecule has 1 aliphatic heterocycles. The Morgan fingerprint density at radius 1 is 1.24 bits per heavy atom. The zero-order chi connectivity index (χ0) is 23.7. The van der Waals surface area contributed by atoms with Gasteiger partial charge in [0, 0.05) is 12.1 Å². The number of allylic oxidation sites excluding steroid dienone is 1. The van der Waals surface area contributed by atoms with Gasteiger partial charge in [-0.2, -0.15) is 0 Å². The first-order valence-corrected chi connectivity index (χ1v) is 11.1. The topological polar surface area (TPSA) is 104 Å². The fraction of sp³-hybridized carbons (Fsp3) is 0.208. The molecule has 0 unspecified atom stereocenters. The number of hydrogen-bond acceptors (Lipinski definition) is 7. The second kappa shape index (κ2) is 8.95. The average molecular weight is 464 g/mol. The molecule has 3 aromatic rings. The lowest BCUT2D eigenvalue weighted by Gasteiger charge is -2.24. The van der Waals surface area contributed by atoms with Crippen molar-refractivity contribution in [2.24, 2.45) is 4.99 Å². The fourth-order valence-electron chi connectivity index (χ4n) is 3.73. The second-order valence-corrected chi connectivity index (χ2v) is 8.57. The van der Waals surface area contributed by atoms with Gasteiger partial charge in [-0.1, -0.05) is 53.3 Å². The highest BCUT2D eigenvalue weighted by Gasteiger charge is 2.34. The Morgan fingerprint density at radius 2 is 1.97 bits per heavy atom. The van der Waals surface area contributed by atoms with E-state index in [9.17, 15) is 19.7 Å². The van der Waals surface area contributed by atoms with E-state index in [4.69, 9.17) is 4.74 Å². The molecule has 2 heterocycles. The minimum absolute atomic E-state index is 0.132. The number of fused-ring (bicyclic) bond motifs is 1. The van der Waals surface area contributed by atoms with Crippen molar-refractivity contribution < 1.29 is 14.5 Å². The Labute approximate surface area is 192 Å². The van der Waals surface area contributed by atoms with Gasteiger partial charge in [-0.3, -0.25) is 19.5 Å². The molecule has 9 heteroatoms. The zero-order valence-corrected chi connectivity index (χ0v) is 19.1. The van der Waals surface area contributed by atoms with Crippen LogP contribution in [0.15, 0.2) is 69.6 Å². The van der Waals surface area contributed by atoms with Crippen molar-refractivity contribution in [2.45, 2.75) is 26.8 Å². The van der Waals surface area contributed by atoms with Crippen LogP contribution in [0, 0.1) is 17.0 Å². The lowest BCUT2D eigenvalue weighted by atomic mass is 9.95. The molecule has 1 aromatic heterocycles. The van der Waals surface area contributed by atoms with Crippen LogP contribution >= 0.6 is 11.3 Å². The molecule has 33 heavy (non-hydrogen) atoms. The quantitative estimate of drug-likeness (QED) is 0.329. The molecule has 0 saturated heterocycles. The maximum Gasteiger partial charge on any atom is 0.338 e. The van der Waals surface area contributed by atoms with Crippen molar-refractivity contribution >= 4 is 29.1 Å². The molecule has 0 N–H and O–H groups in total. The summed E-state index contributed by atoms with van der Waals surface area (Å²) in [5.41, 5.74) is 2.54. The molecule has 0 spiro atoms. The van der Waals surface area contributed by atoms with E-state index in [-0.39, 0.29) is 23.4 Å². The third-order valence-corrected chi connectivity index (χ3v) is 6.27. The lowest BCUT2D eigenvalue weighted by Crippen LogP contribution is -2.39. The second-order valence-electron chi connectivity index (χ2n) is 7.57. The number of thiazole rings is 1. The van der Waals surface area contributed by atoms with Crippen LogP contribution in [0.3, 0.4) is 0 Å². The standard InChI is InChI=1S/C24H21N3O5S/c1-4-32-23(29)20-15(3)25-24-26(21(20)17-6-5-7-18(13-17)27(30)31)22(28)19(33-24)12-16-10-8-14(2)9-11-16/h5-13,21H,4H2,1-3H3/b19-12-/t21-/m0/s1. The summed E-state index contributed by atoms with van der Waals surface area (Å²) in [4.78, 5) is 42.2. The molecule has 168 valence electrons. The average Bonchev–Trinajstić information content (AvgIpc) is 3.09. The van der Waals surface area contributed by atoms with Crippen LogP contribution in [-0.4, -0.2) is 22.1 Å². The zero-order valence-electron chi connectivity index (χ0n) is 18.3. The van der Waals surface area contributed by atoms with E-state index in [2.05, 4.69) is 4.99 Å². The minimum atomic E-state index is -0.889. The van der Waals surface area contributed by atoms with Crippen molar-refractivity contribution in [1.29, 1.82) is 0 Å². The third kappa shape index (κ3) is 4.27. The molecule has 0 fully saturated rings. The smallest absolute Gasteiger partial charge is 0.338 e. The number of nitrogens with zero attached hydrogens (tertiary/aromatic N) is 3. The van der Waals surface area contributed by atoms with Gasteiger partial charge >= 0.3 is 5.97 Å². The molecule has 0 amide bonds. The number of nitro groups is 1. The summed E-state index contributed by atoms with van der Waals surface area (Å²) < 4.78 is 7.11. The lowest BCUT2D eigenvalue weighted by molar-refractivity contribution is -0.384. The van der Waals surface area contributed by atoms with Gasteiger partial charge in [0.25, 0.3) is 11.2 Å². The molecule has 0 aliphatic carbocycles. The molecule has 2 aromatic carbocycles. The molecule has 1 aliphatic rings. The summed E-state index contributed by atoms with van der Waals surface area (Å²) in [6, 6.07) is 12.8.